The van der Waals surface area contributed by atoms with E-state index < -0.39 is 5.41 Å². The van der Waals surface area contributed by atoms with E-state index in [9.17, 15) is 9.90 Å². The first-order valence-electron chi connectivity index (χ1n) is 15.8. The molecule has 1 saturated carbocycles. The number of benzene rings is 2. The second kappa shape index (κ2) is 14.7. The third-order valence-electron chi connectivity index (χ3n) is 8.53. The average molecular weight is 761 g/mol. The fourth-order valence-electron chi connectivity index (χ4n) is 5.46. The monoisotopic (exact) mass is 761 g/mol. The Bertz CT molecular complexity index is 1410. The molecule has 237 valence electrons. The van der Waals surface area contributed by atoms with Gasteiger partial charge < -0.3 is 5.11 Å². The maximum Gasteiger partial charge on any atom is 0.164 e. The van der Waals surface area contributed by atoms with E-state index >= 15 is 0 Å². The van der Waals surface area contributed by atoms with Crippen LogP contribution in [-0.2, 0) is 30.3 Å². The Morgan fingerprint density at radius 1 is 0.930 bits per heavy atom. The number of pyridine rings is 1. The van der Waals surface area contributed by atoms with Crippen LogP contribution >= 0.6 is 0 Å². The first-order chi connectivity index (χ1) is 19.4. The number of ketones is 1. The van der Waals surface area contributed by atoms with Gasteiger partial charge in [0.2, 0.25) is 0 Å². The van der Waals surface area contributed by atoms with Gasteiger partial charge in [0.15, 0.2) is 5.78 Å². The van der Waals surface area contributed by atoms with Crippen molar-refractivity contribution < 1.29 is 30.0 Å². The van der Waals surface area contributed by atoms with Gasteiger partial charge in [-0.15, -0.1) is 34.9 Å². The molecule has 1 fully saturated rings. The smallest absolute Gasteiger partial charge is 0.164 e. The molecule has 4 heteroatoms. The Morgan fingerprint density at radius 3 is 2.12 bits per heavy atom. The van der Waals surface area contributed by atoms with E-state index in [1.165, 1.54) is 60.3 Å². The summed E-state index contributed by atoms with van der Waals surface area (Å²) in [6, 6.07) is 19.2. The van der Waals surface area contributed by atoms with E-state index in [2.05, 4.69) is 83.1 Å². The number of carbonyl (C=O) groups is 1. The summed E-state index contributed by atoms with van der Waals surface area (Å²) in [5.41, 5.74) is 6.57. The summed E-state index contributed by atoms with van der Waals surface area (Å²) in [6.07, 6.45) is 8.27. The van der Waals surface area contributed by atoms with Gasteiger partial charge in [-0.1, -0.05) is 120 Å². The van der Waals surface area contributed by atoms with Crippen molar-refractivity contribution in [3.8, 4) is 11.3 Å². The normalized spacial score (nSPS) is 15.7. The zero-order chi connectivity index (χ0) is 31.5. The van der Waals surface area contributed by atoms with Gasteiger partial charge in [0.05, 0.1) is 5.52 Å². The molecule has 1 atom stereocenters. The molecule has 1 unspecified atom stereocenters. The molecular formula is C39H54IrNO2-. The van der Waals surface area contributed by atoms with Gasteiger partial charge in [0.25, 0.3) is 0 Å². The summed E-state index contributed by atoms with van der Waals surface area (Å²) >= 11 is 0. The molecule has 1 aliphatic carbocycles. The maximum absolute atomic E-state index is 11.5. The van der Waals surface area contributed by atoms with Crippen LogP contribution in [0.15, 0.2) is 54.3 Å². The standard InChI is InChI=1S/C28H34N.C11H20O2.Ir/c1-19-16-22(18-23(17-19)28(3,4)5)26-15-14-25-24(12-9-13-27(25)29-26)20(2)21-10-7-6-8-11-21;1-10(2,3)8(12)7-9(13)11(4,5)6;/h9,12-15,17-18,20-21H,6-8,10-11H2,1-5H3;7,12H,1-6H3;/q-1;;/b;8-7-;. The van der Waals surface area contributed by atoms with E-state index in [1.54, 1.807) is 0 Å². The number of aliphatic hydroxyl groups is 1. The summed E-state index contributed by atoms with van der Waals surface area (Å²) in [5.74, 6) is 1.52. The van der Waals surface area contributed by atoms with Crippen molar-refractivity contribution in [2.45, 2.75) is 120 Å². The number of fused-ring (bicyclic) bond motifs is 1. The van der Waals surface area contributed by atoms with Gasteiger partial charge in [0.1, 0.15) is 5.76 Å². The molecule has 1 aromatic heterocycles. The van der Waals surface area contributed by atoms with Crippen molar-refractivity contribution in [1.82, 2.24) is 4.98 Å². The molecule has 1 N–H and O–H groups in total. The molecule has 0 aliphatic heterocycles. The minimum Gasteiger partial charge on any atom is -0.512 e. The molecule has 2 aromatic carbocycles. The molecule has 4 rings (SSSR count). The quantitative estimate of drug-likeness (QED) is 0.164. The predicted octanol–water partition coefficient (Wildman–Crippen LogP) is 11.1. The van der Waals surface area contributed by atoms with Gasteiger partial charge in [-0.3, -0.25) is 9.78 Å². The summed E-state index contributed by atoms with van der Waals surface area (Å²) in [4.78, 5) is 16.6. The predicted molar refractivity (Wildman–Crippen MR) is 179 cm³/mol. The third-order valence-corrected chi connectivity index (χ3v) is 8.53. The van der Waals surface area contributed by atoms with E-state index in [-0.39, 0.29) is 42.5 Å². The van der Waals surface area contributed by atoms with Crippen molar-refractivity contribution in [2.75, 3.05) is 0 Å². The van der Waals surface area contributed by atoms with Crippen LogP contribution in [0, 0.1) is 29.7 Å². The number of hydrogen-bond donors (Lipinski definition) is 1. The minimum atomic E-state index is -0.417. The Morgan fingerprint density at radius 2 is 1.56 bits per heavy atom. The van der Waals surface area contributed by atoms with Crippen molar-refractivity contribution in [2.24, 2.45) is 16.7 Å². The first-order valence-corrected chi connectivity index (χ1v) is 15.8. The van der Waals surface area contributed by atoms with Crippen LogP contribution in [0.3, 0.4) is 0 Å². The molecule has 3 aromatic rings. The van der Waals surface area contributed by atoms with Crippen molar-refractivity contribution in [1.29, 1.82) is 0 Å². The van der Waals surface area contributed by atoms with Crippen molar-refractivity contribution in [3.63, 3.8) is 0 Å². The Labute approximate surface area is 275 Å². The summed E-state index contributed by atoms with van der Waals surface area (Å²) in [5, 5.41) is 10.9. The van der Waals surface area contributed by atoms with Gasteiger partial charge in [-0.2, -0.15) is 0 Å². The minimum absolute atomic E-state index is 0. The average Bonchev–Trinajstić information content (AvgIpc) is 2.91. The molecule has 0 bridgehead atoms. The molecule has 43 heavy (non-hydrogen) atoms. The van der Waals surface area contributed by atoms with Crippen molar-refractivity contribution >= 4 is 16.7 Å². The SMILES string of the molecule is CC(C)(C)C(=O)/C=C(\O)C(C)(C)C.Cc1[c-]c(-c2ccc3c(C(C)C4CCCCC4)cccc3n2)cc(C(C)(C)C)c1.[Ir]. The molecule has 0 spiro atoms. The van der Waals surface area contributed by atoms with Gasteiger partial charge in [-0.05, 0) is 47.4 Å². The fraction of sp³-hybridized carbons (Fsp3) is 0.538. The summed E-state index contributed by atoms with van der Waals surface area (Å²) < 4.78 is 0. The number of carbonyl (C=O) groups excluding carboxylic acids is 1. The van der Waals surface area contributed by atoms with Crippen LogP contribution in [0.4, 0.5) is 0 Å². The second-order valence-corrected chi connectivity index (χ2v) is 15.4. The molecule has 1 heterocycles. The third kappa shape index (κ3) is 10.1. The van der Waals surface area contributed by atoms with Crippen LogP contribution < -0.4 is 0 Å². The van der Waals surface area contributed by atoms with Crippen LogP contribution in [0.25, 0.3) is 22.2 Å². The molecular weight excluding hydrogens is 707 g/mol. The number of aromatic nitrogens is 1. The van der Waals surface area contributed by atoms with Crippen molar-refractivity contribution in [3.05, 3.63) is 77.1 Å². The number of aryl methyl sites for hydroxylation is 1. The van der Waals surface area contributed by atoms with Crippen LogP contribution in [0.1, 0.15) is 124 Å². The number of hydrogen-bond acceptors (Lipinski definition) is 3. The van der Waals surface area contributed by atoms with Crippen LogP contribution in [0.5, 0.6) is 0 Å². The van der Waals surface area contributed by atoms with E-state index in [0.29, 0.717) is 5.92 Å². The second-order valence-electron chi connectivity index (χ2n) is 15.4. The number of allylic oxidation sites excluding steroid dienone is 2. The number of rotatable bonds is 4. The largest absolute Gasteiger partial charge is 0.512 e. The molecule has 1 aliphatic rings. The van der Waals surface area contributed by atoms with Crippen LogP contribution in [-0.4, -0.2) is 15.9 Å². The number of nitrogens with zero attached hydrogens (tertiary/aromatic N) is 1. The Balaban J connectivity index is 0.000000394. The zero-order valence-electron chi connectivity index (χ0n) is 28.4. The molecule has 3 nitrogen and oxygen atoms in total. The zero-order valence-corrected chi connectivity index (χ0v) is 30.8. The Kier molecular flexibility index (Phi) is 12.6. The maximum atomic E-state index is 11.5. The summed E-state index contributed by atoms with van der Waals surface area (Å²) in [6.45, 7) is 22.4. The molecule has 0 saturated heterocycles. The van der Waals surface area contributed by atoms with Gasteiger partial charge in [-0.25, -0.2) is 0 Å². The molecule has 0 amide bonds. The van der Waals surface area contributed by atoms with E-state index in [0.717, 1.165) is 22.7 Å². The van der Waals surface area contributed by atoms with Gasteiger partial charge in [0, 0.05) is 42.4 Å². The Hall–Kier alpha value is -2.29. The molecule has 1 radical (unpaired) electrons. The van der Waals surface area contributed by atoms with Gasteiger partial charge >= 0.3 is 0 Å². The summed E-state index contributed by atoms with van der Waals surface area (Å²) in [7, 11) is 0. The van der Waals surface area contributed by atoms with E-state index in [1.807, 2.05) is 41.5 Å². The topological polar surface area (TPSA) is 50.2 Å². The fourth-order valence-corrected chi connectivity index (χ4v) is 5.46. The van der Waals surface area contributed by atoms with Crippen LogP contribution in [0.2, 0.25) is 0 Å². The first kappa shape index (κ1) is 36.9. The number of aliphatic hydroxyl groups excluding tert-OH is 1. The van der Waals surface area contributed by atoms with E-state index in [4.69, 9.17) is 4.98 Å².